The number of hydrogen-bond donors (Lipinski definition) is 2. The van der Waals surface area contributed by atoms with Gasteiger partial charge in [0.25, 0.3) is 5.91 Å². The quantitative estimate of drug-likeness (QED) is 0.378. The molecule has 0 bridgehead atoms. The predicted octanol–water partition coefficient (Wildman–Crippen LogP) is 5.06. The zero-order valence-corrected chi connectivity index (χ0v) is 20.7. The molecule has 2 amide bonds. The highest BCUT2D eigenvalue weighted by atomic mass is 16.2. The van der Waals surface area contributed by atoms with E-state index in [-0.39, 0.29) is 11.8 Å². The zero-order chi connectivity index (χ0) is 24.9. The molecular formula is C28H31N5O2. The number of nitrogens with one attached hydrogen (secondary N) is 2. The molecule has 0 unspecified atom stereocenters. The van der Waals surface area contributed by atoms with Crippen LogP contribution in [0.3, 0.4) is 0 Å². The van der Waals surface area contributed by atoms with Gasteiger partial charge >= 0.3 is 0 Å². The highest BCUT2D eigenvalue weighted by Gasteiger charge is 2.15. The van der Waals surface area contributed by atoms with Crippen LogP contribution < -0.4 is 10.6 Å². The molecule has 0 radical (unpaired) electrons. The minimum atomic E-state index is -0.130. The Hall–Kier alpha value is -4.00. The highest BCUT2D eigenvalue weighted by Crippen LogP contribution is 2.26. The second-order valence-electron chi connectivity index (χ2n) is 8.52. The summed E-state index contributed by atoms with van der Waals surface area (Å²) in [6.45, 7) is 9.33. The zero-order valence-electron chi connectivity index (χ0n) is 20.7. The molecule has 0 saturated heterocycles. The van der Waals surface area contributed by atoms with E-state index >= 15 is 0 Å². The minimum Gasteiger partial charge on any atom is -0.352 e. The summed E-state index contributed by atoms with van der Waals surface area (Å²) in [4.78, 5) is 29.7. The smallest absolute Gasteiger partial charge is 0.252 e. The van der Waals surface area contributed by atoms with Crippen molar-refractivity contribution < 1.29 is 9.59 Å². The van der Waals surface area contributed by atoms with Crippen molar-refractivity contribution in [2.45, 2.75) is 47.1 Å². The van der Waals surface area contributed by atoms with E-state index in [4.69, 9.17) is 4.98 Å². The fraction of sp³-hybridized carbons (Fsp3) is 0.286. The van der Waals surface area contributed by atoms with Gasteiger partial charge in [0, 0.05) is 41.8 Å². The predicted molar refractivity (Wildman–Crippen MR) is 140 cm³/mol. The molecule has 7 nitrogen and oxygen atoms in total. The number of aromatic nitrogens is 3. The number of fused-ring (bicyclic) bond motifs is 1. The number of aryl methyl sites for hydroxylation is 2. The molecule has 2 N–H and O–H groups in total. The maximum Gasteiger partial charge on any atom is 0.252 e. The Morgan fingerprint density at radius 1 is 1.00 bits per heavy atom. The van der Waals surface area contributed by atoms with Gasteiger partial charge in [-0.2, -0.15) is 5.10 Å². The molecule has 0 spiro atoms. The van der Waals surface area contributed by atoms with Gasteiger partial charge in [0.2, 0.25) is 5.91 Å². The minimum absolute atomic E-state index is 0.0343. The summed E-state index contributed by atoms with van der Waals surface area (Å²) in [6, 6.07) is 17.0. The number of pyridine rings is 1. The molecule has 7 heteroatoms. The Morgan fingerprint density at radius 2 is 1.74 bits per heavy atom. The lowest BCUT2D eigenvalue weighted by Crippen LogP contribution is -2.26. The lowest BCUT2D eigenvalue weighted by Gasteiger charge is -2.11. The first-order valence-corrected chi connectivity index (χ1v) is 12.0. The van der Waals surface area contributed by atoms with Gasteiger partial charge in [-0.3, -0.25) is 14.3 Å². The van der Waals surface area contributed by atoms with Gasteiger partial charge in [-0.15, -0.1) is 0 Å². The third-order valence-electron chi connectivity index (χ3n) is 6.24. The van der Waals surface area contributed by atoms with Crippen molar-refractivity contribution >= 4 is 28.4 Å². The monoisotopic (exact) mass is 469 g/mol. The van der Waals surface area contributed by atoms with E-state index < -0.39 is 0 Å². The fourth-order valence-electron chi connectivity index (χ4n) is 4.28. The number of nitrogens with zero attached hydrogens (tertiary/aromatic N) is 3. The lowest BCUT2D eigenvalue weighted by atomic mass is 10.0. The molecule has 35 heavy (non-hydrogen) atoms. The van der Waals surface area contributed by atoms with E-state index in [2.05, 4.69) is 29.6 Å². The summed E-state index contributed by atoms with van der Waals surface area (Å²) < 4.78 is 1.99. The number of benzene rings is 2. The molecule has 2 aromatic carbocycles. The molecule has 4 aromatic rings. The first-order valence-electron chi connectivity index (χ1n) is 12.0. The molecule has 0 aliphatic carbocycles. The standard InChI is InChI=1S/C28H31N5O2/c1-5-27(34)30-21-13-11-20(12-14-21)26-17-24(23-9-7-8-10-25(23)31-26)28(35)29-16-15-22-18(3)32-33(6-2)19(22)4/h7-14,17H,5-6,15-16H2,1-4H3,(H,29,35)(H,30,34). The fourth-order valence-corrected chi connectivity index (χ4v) is 4.28. The van der Waals surface area contributed by atoms with Gasteiger partial charge < -0.3 is 10.6 Å². The summed E-state index contributed by atoms with van der Waals surface area (Å²) in [5, 5.41) is 11.3. The van der Waals surface area contributed by atoms with Crippen LogP contribution in [0.2, 0.25) is 0 Å². The van der Waals surface area contributed by atoms with Gasteiger partial charge in [-0.05, 0) is 57.0 Å². The summed E-state index contributed by atoms with van der Waals surface area (Å²) in [6.07, 6.45) is 1.15. The van der Waals surface area contributed by atoms with Crippen LogP contribution in [0.4, 0.5) is 5.69 Å². The van der Waals surface area contributed by atoms with Gasteiger partial charge in [-0.25, -0.2) is 4.98 Å². The molecule has 180 valence electrons. The number of para-hydroxylation sites is 1. The van der Waals surface area contributed by atoms with Crippen LogP contribution in [0.25, 0.3) is 22.2 Å². The number of rotatable bonds is 8. The van der Waals surface area contributed by atoms with Crippen molar-refractivity contribution in [1.82, 2.24) is 20.1 Å². The summed E-state index contributed by atoms with van der Waals surface area (Å²) in [7, 11) is 0. The van der Waals surface area contributed by atoms with Crippen molar-refractivity contribution in [3.63, 3.8) is 0 Å². The third-order valence-corrected chi connectivity index (χ3v) is 6.24. The lowest BCUT2D eigenvalue weighted by molar-refractivity contribution is -0.115. The summed E-state index contributed by atoms with van der Waals surface area (Å²) >= 11 is 0. The van der Waals surface area contributed by atoms with E-state index in [0.717, 1.165) is 46.5 Å². The molecule has 0 aliphatic rings. The van der Waals surface area contributed by atoms with Crippen LogP contribution in [-0.2, 0) is 17.8 Å². The van der Waals surface area contributed by atoms with Crippen molar-refractivity contribution in [1.29, 1.82) is 0 Å². The molecule has 4 rings (SSSR count). The maximum absolute atomic E-state index is 13.3. The van der Waals surface area contributed by atoms with Gasteiger partial charge in [-0.1, -0.05) is 37.3 Å². The Kier molecular flexibility index (Phi) is 7.25. The van der Waals surface area contributed by atoms with E-state index in [1.54, 1.807) is 0 Å². The second kappa shape index (κ2) is 10.5. The Morgan fingerprint density at radius 3 is 2.43 bits per heavy atom. The number of carbonyl (C=O) groups is 2. The Balaban J connectivity index is 1.57. The summed E-state index contributed by atoms with van der Waals surface area (Å²) in [5.74, 6) is -0.164. The Bertz CT molecular complexity index is 1370. The number of amides is 2. The van der Waals surface area contributed by atoms with E-state index in [1.807, 2.05) is 73.1 Å². The van der Waals surface area contributed by atoms with Crippen LogP contribution in [0.5, 0.6) is 0 Å². The first kappa shape index (κ1) is 24.1. The number of hydrogen-bond acceptors (Lipinski definition) is 4. The number of carbonyl (C=O) groups excluding carboxylic acids is 2. The van der Waals surface area contributed by atoms with Crippen LogP contribution in [0.1, 0.15) is 47.6 Å². The Labute approximate surface area is 205 Å². The third kappa shape index (κ3) is 5.24. The molecule has 0 atom stereocenters. The highest BCUT2D eigenvalue weighted by molar-refractivity contribution is 6.07. The van der Waals surface area contributed by atoms with Gasteiger partial charge in [0.1, 0.15) is 0 Å². The van der Waals surface area contributed by atoms with E-state index in [0.29, 0.717) is 24.2 Å². The van der Waals surface area contributed by atoms with Crippen molar-refractivity contribution in [2.24, 2.45) is 0 Å². The van der Waals surface area contributed by atoms with E-state index in [1.165, 1.54) is 5.56 Å². The first-order chi connectivity index (χ1) is 16.9. The normalized spacial score (nSPS) is 11.0. The molecule has 2 aromatic heterocycles. The average Bonchev–Trinajstić information content (AvgIpc) is 3.16. The molecule has 0 saturated carbocycles. The molecule has 0 aliphatic heterocycles. The van der Waals surface area contributed by atoms with Crippen LogP contribution in [0.15, 0.2) is 54.6 Å². The molecule has 0 fully saturated rings. The largest absolute Gasteiger partial charge is 0.352 e. The second-order valence-corrected chi connectivity index (χ2v) is 8.52. The van der Waals surface area contributed by atoms with Crippen molar-refractivity contribution in [3.8, 4) is 11.3 Å². The summed E-state index contributed by atoms with van der Waals surface area (Å²) in [5.41, 5.74) is 7.00. The van der Waals surface area contributed by atoms with Gasteiger partial charge in [0.15, 0.2) is 0 Å². The molecular weight excluding hydrogens is 438 g/mol. The van der Waals surface area contributed by atoms with Crippen LogP contribution in [0, 0.1) is 13.8 Å². The van der Waals surface area contributed by atoms with Crippen molar-refractivity contribution in [2.75, 3.05) is 11.9 Å². The van der Waals surface area contributed by atoms with E-state index in [9.17, 15) is 9.59 Å². The maximum atomic E-state index is 13.3. The topological polar surface area (TPSA) is 88.9 Å². The van der Waals surface area contributed by atoms with Crippen LogP contribution >= 0.6 is 0 Å². The van der Waals surface area contributed by atoms with Gasteiger partial charge in [0.05, 0.1) is 22.5 Å². The average molecular weight is 470 g/mol. The van der Waals surface area contributed by atoms with Crippen molar-refractivity contribution in [3.05, 3.63) is 77.1 Å². The molecule has 2 heterocycles. The number of anilines is 1. The van der Waals surface area contributed by atoms with Crippen LogP contribution in [-0.4, -0.2) is 33.1 Å². The SMILES string of the molecule is CCC(=O)Nc1ccc(-c2cc(C(=O)NCCc3c(C)nn(CC)c3C)c3ccccc3n2)cc1.